The van der Waals surface area contributed by atoms with Crippen molar-refractivity contribution in [2.45, 2.75) is 5.92 Å². The van der Waals surface area contributed by atoms with Gasteiger partial charge < -0.3 is 10.5 Å². The van der Waals surface area contributed by atoms with Crippen molar-refractivity contribution >= 4 is 26.7 Å². The third-order valence-corrected chi connectivity index (χ3v) is 4.84. The molecule has 0 fully saturated rings. The monoisotopic (exact) mass is 376 g/mol. The van der Waals surface area contributed by atoms with Gasteiger partial charge in [-0.15, -0.1) is 0 Å². The van der Waals surface area contributed by atoms with Crippen molar-refractivity contribution in [2.24, 2.45) is 5.73 Å². The maximum absolute atomic E-state index is 9.61. The minimum atomic E-state index is -0.226. The van der Waals surface area contributed by atoms with Gasteiger partial charge in [-0.25, -0.2) is 0 Å². The molecule has 1 heterocycles. The van der Waals surface area contributed by atoms with E-state index in [9.17, 15) is 5.26 Å². The van der Waals surface area contributed by atoms with Crippen LogP contribution in [0, 0.1) is 11.3 Å². The molecule has 2 N–H and O–H groups in total. The summed E-state index contributed by atoms with van der Waals surface area (Å²) in [7, 11) is 0. The van der Waals surface area contributed by atoms with E-state index < -0.39 is 0 Å². The Morgan fingerprint density at radius 1 is 1.00 bits per heavy atom. The molecule has 0 spiro atoms. The Morgan fingerprint density at radius 2 is 1.75 bits per heavy atom. The van der Waals surface area contributed by atoms with Crippen LogP contribution in [-0.2, 0) is 0 Å². The molecule has 1 unspecified atom stereocenters. The summed E-state index contributed by atoms with van der Waals surface area (Å²) in [5.74, 6) is 0.684. The zero-order valence-corrected chi connectivity index (χ0v) is 14.2. The number of nitrogens with zero attached hydrogens (tertiary/aromatic N) is 1. The first-order valence-electron chi connectivity index (χ1n) is 7.53. The predicted molar refractivity (Wildman–Crippen MR) is 97.4 cm³/mol. The molecule has 4 heteroatoms. The molecular formula is C20H13BrN2O. The molecule has 0 amide bonds. The van der Waals surface area contributed by atoms with Crippen molar-refractivity contribution in [1.82, 2.24) is 0 Å². The first kappa shape index (κ1) is 14.8. The molecular weight excluding hydrogens is 364 g/mol. The minimum absolute atomic E-state index is 0.175. The van der Waals surface area contributed by atoms with Crippen molar-refractivity contribution in [2.75, 3.05) is 0 Å². The topological polar surface area (TPSA) is 59.0 Å². The molecule has 3 aromatic rings. The molecule has 3 nitrogen and oxygen atoms in total. The maximum Gasteiger partial charge on any atom is 0.205 e. The van der Waals surface area contributed by atoms with Crippen molar-refractivity contribution in [3.8, 4) is 11.8 Å². The highest BCUT2D eigenvalue weighted by Crippen LogP contribution is 2.45. The summed E-state index contributed by atoms with van der Waals surface area (Å²) in [6.07, 6.45) is 0. The third-order valence-electron chi connectivity index (χ3n) is 4.31. The largest absolute Gasteiger partial charge is 0.440 e. The lowest BCUT2D eigenvalue weighted by Gasteiger charge is -2.27. The van der Waals surface area contributed by atoms with E-state index in [1.165, 1.54) is 0 Å². The van der Waals surface area contributed by atoms with Crippen LogP contribution in [0.4, 0.5) is 0 Å². The summed E-state index contributed by atoms with van der Waals surface area (Å²) in [5, 5.41) is 11.7. The molecule has 1 aliphatic heterocycles. The van der Waals surface area contributed by atoms with E-state index in [0.29, 0.717) is 5.57 Å². The Bertz CT molecular complexity index is 1020. The van der Waals surface area contributed by atoms with Gasteiger partial charge in [-0.2, -0.15) is 5.26 Å². The van der Waals surface area contributed by atoms with Gasteiger partial charge >= 0.3 is 0 Å². The highest BCUT2D eigenvalue weighted by Gasteiger charge is 2.31. The fourth-order valence-electron chi connectivity index (χ4n) is 3.18. The van der Waals surface area contributed by atoms with Crippen molar-refractivity contribution in [3.63, 3.8) is 0 Å². The number of hydrogen-bond donors (Lipinski definition) is 1. The van der Waals surface area contributed by atoms with Crippen molar-refractivity contribution in [3.05, 3.63) is 87.7 Å². The van der Waals surface area contributed by atoms with E-state index in [2.05, 4.69) is 28.1 Å². The van der Waals surface area contributed by atoms with Crippen LogP contribution in [0.2, 0.25) is 0 Å². The first-order valence-corrected chi connectivity index (χ1v) is 8.33. The maximum atomic E-state index is 9.61. The molecule has 0 saturated carbocycles. The third kappa shape index (κ3) is 2.26. The molecule has 0 aromatic heterocycles. The van der Waals surface area contributed by atoms with E-state index in [4.69, 9.17) is 10.5 Å². The SMILES string of the molecule is N#CC1=C(N)Oc2c(ccc3ccccc23)C1c1ccc(Br)cc1. The lowest BCUT2D eigenvalue weighted by atomic mass is 9.82. The number of nitriles is 1. The number of rotatable bonds is 1. The first-order chi connectivity index (χ1) is 11.7. The average molecular weight is 377 g/mol. The summed E-state index contributed by atoms with van der Waals surface area (Å²) in [6.45, 7) is 0. The molecule has 0 aliphatic carbocycles. The van der Waals surface area contributed by atoms with Gasteiger partial charge in [0.2, 0.25) is 5.88 Å². The lowest BCUT2D eigenvalue weighted by Crippen LogP contribution is -2.21. The van der Waals surface area contributed by atoms with E-state index in [0.717, 1.165) is 32.1 Å². The Balaban J connectivity index is 2.00. The standard InChI is InChI=1S/C20H13BrN2O/c21-14-8-5-13(6-9-14)18-16-10-7-12-3-1-2-4-15(12)19(16)24-20(23)17(18)11-22/h1-10,18H,23H2. The Hall–Kier alpha value is -2.77. The normalized spacial score (nSPS) is 16.4. The molecule has 0 radical (unpaired) electrons. The zero-order chi connectivity index (χ0) is 16.7. The summed E-state index contributed by atoms with van der Waals surface area (Å²) >= 11 is 3.45. The molecule has 0 bridgehead atoms. The van der Waals surface area contributed by atoms with Crippen molar-refractivity contribution in [1.29, 1.82) is 5.26 Å². The van der Waals surface area contributed by atoms with E-state index in [-0.39, 0.29) is 11.8 Å². The molecule has 0 saturated heterocycles. The predicted octanol–water partition coefficient (Wildman–Crippen LogP) is 4.82. The van der Waals surface area contributed by atoms with Crippen LogP contribution in [0.5, 0.6) is 5.75 Å². The zero-order valence-electron chi connectivity index (χ0n) is 12.7. The van der Waals surface area contributed by atoms with Gasteiger partial charge in [0, 0.05) is 15.4 Å². The molecule has 4 rings (SSSR count). The van der Waals surface area contributed by atoms with Gasteiger partial charge in [-0.1, -0.05) is 64.5 Å². The van der Waals surface area contributed by atoms with E-state index in [1.807, 2.05) is 54.6 Å². The highest BCUT2D eigenvalue weighted by atomic mass is 79.9. The summed E-state index contributed by atoms with van der Waals surface area (Å²) < 4.78 is 6.84. The fraction of sp³-hybridized carbons (Fsp3) is 0.0500. The fourth-order valence-corrected chi connectivity index (χ4v) is 3.45. The number of fused-ring (bicyclic) bond motifs is 3. The smallest absolute Gasteiger partial charge is 0.205 e. The molecule has 3 aromatic carbocycles. The van der Waals surface area contributed by atoms with Crippen LogP contribution >= 0.6 is 15.9 Å². The molecule has 116 valence electrons. The van der Waals surface area contributed by atoms with Crippen LogP contribution in [0.3, 0.4) is 0 Å². The number of allylic oxidation sites excluding steroid dienone is 1. The van der Waals surface area contributed by atoms with Crippen LogP contribution in [0.15, 0.2) is 76.6 Å². The number of nitrogens with two attached hydrogens (primary N) is 1. The number of benzene rings is 3. The number of halogens is 1. The lowest BCUT2D eigenvalue weighted by molar-refractivity contribution is 0.398. The second kappa shape index (κ2) is 5.70. The summed E-state index contributed by atoms with van der Waals surface area (Å²) in [6, 6.07) is 22.3. The number of hydrogen-bond acceptors (Lipinski definition) is 3. The Labute approximate surface area is 148 Å². The number of ether oxygens (including phenoxy) is 1. The van der Waals surface area contributed by atoms with Gasteiger partial charge in [0.25, 0.3) is 0 Å². The summed E-state index contributed by atoms with van der Waals surface area (Å²) in [4.78, 5) is 0. The molecule has 1 atom stereocenters. The van der Waals surface area contributed by atoms with Gasteiger partial charge in [-0.3, -0.25) is 0 Å². The highest BCUT2D eigenvalue weighted by molar-refractivity contribution is 9.10. The molecule has 1 aliphatic rings. The minimum Gasteiger partial charge on any atom is -0.440 e. The average Bonchev–Trinajstić information content (AvgIpc) is 2.61. The van der Waals surface area contributed by atoms with Crippen molar-refractivity contribution < 1.29 is 4.74 Å². The van der Waals surface area contributed by atoms with Gasteiger partial charge in [-0.05, 0) is 23.1 Å². The van der Waals surface area contributed by atoms with Gasteiger partial charge in [0.1, 0.15) is 17.4 Å². The Kier molecular flexibility index (Phi) is 3.51. The van der Waals surface area contributed by atoms with Gasteiger partial charge in [0.15, 0.2) is 0 Å². The second-order valence-corrected chi connectivity index (χ2v) is 6.60. The van der Waals surface area contributed by atoms with Crippen LogP contribution in [0.25, 0.3) is 10.8 Å². The van der Waals surface area contributed by atoms with Gasteiger partial charge in [0.05, 0.1) is 5.92 Å². The second-order valence-electron chi connectivity index (χ2n) is 5.68. The van der Waals surface area contributed by atoms with Crippen LogP contribution in [-0.4, -0.2) is 0 Å². The van der Waals surface area contributed by atoms with E-state index in [1.54, 1.807) is 0 Å². The summed E-state index contributed by atoms with van der Waals surface area (Å²) in [5.41, 5.74) is 8.49. The van der Waals surface area contributed by atoms with Crippen LogP contribution < -0.4 is 10.5 Å². The van der Waals surface area contributed by atoms with Crippen LogP contribution in [0.1, 0.15) is 17.0 Å². The van der Waals surface area contributed by atoms with E-state index >= 15 is 0 Å². The molecule has 24 heavy (non-hydrogen) atoms. The quantitative estimate of drug-likeness (QED) is 0.662. The Morgan fingerprint density at radius 3 is 2.50 bits per heavy atom.